The molecule has 0 aromatic heterocycles. The lowest BCUT2D eigenvalue weighted by molar-refractivity contribution is 0.717. The highest BCUT2D eigenvalue weighted by molar-refractivity contribution is 5.11. The molecule has 0 nitrogen and oxygen atoms in total. The zero-order valence-electron chi connectivity index (χ0n) is 7.06. The summed E-state index contributed by atoms with van der Waals surface area (Å²) in [7, 11) is 0. The topological polar surface area (TPSA) is 0 Å². The third-order valence-electron chi connectivity index (χ3n) is 1.77. The van der Waals surface area contributed by atoms with Crippen LogP contribution in [0.25, 0.3) is 0 Å². The Morgan fingerprint density at radius 2 is 2.27 bits per heavy atom. The van der Waals surface area contributed by atoms with Gasteiger partial charge in [0, 0.05) is 0 Å². The highest BCUT2D eigenvalue weighted by atomic mass is 13.9. The van der Waals surface area contributed by atoms with E-state index >= 15 is 0 Å². The van der Waals surface area contributed by atoms with Gasteiger partial charge in [-0.3, -0.25) is 0 Å². The monoisotopic (exact) mass is 146 g/mol. The number of hydrogen-bond acceptors (Lipinski definition) is 0. The molecule has 0 fully saturated rings. The Kier molecular flexibility index (Phi) is 3.74. The third-order valence-corrected chi connectivity index (χ3v) is 1.77. The predicted molar refractivity (Wildman–Crippen MR) is 47.3 cm³/mol. The van der Waals surface area contributed by atoms with Crippen molar-refractivity contribution in [3.8, 4) is 0 Å². The average Bonchev–Trinajstić information content (AvgIpc) is 2.07. The van der Waals surface area contributed by atoms with E-state index in [-0.39, 0.29) is 0 Å². The van der Waals surface area contributed by atoms with Gasteiger partial charge in [0.25, 0.3) is 0 Å². The summed E-state index contributed by atoms with van der Waals surface area (Å²) in [6.45, 7) is 2.22. The molecule has 0 saturated carbocycles. The molecule has 0 amide bonds. The first-order valence-electron chi connectivity index (χ1n) is 4.30. The number of rotatable bonds is 4. The van der Waals surface area contributed by atoms with Crippen LogP contribution in [0.5, 0.6) is 0 Å². The summed E-state index contributed by atoms with van der Waals surface area (Å²) in [4.78, 5) is 0. The lowest BCUT2D eigenvalue weighted by Gasteiger charge is -1.97. The molecule has 11 heavy (non-hydrogen) atoms. The molecule has 0 N–H and O–H groups in total. The molecule has 0 aliphatic heterocycles. The fraction of sp³-hybridized carbons (Fsp3) is 0.455. The Balaban J connectivity index is 2.28. The van der Waals surface area contributed by atoms with Gasteiger partial charge in [-0.05, 0) is 36.6 Å². The van der Waals surface area contributed by atoms with Crippen molar-refractivity contribution in [3.05, 3.63) is 35.9 Å². The van der Waals surface area contributed by atoms with Gasteiger partial charge in [-0.15, -0.1) is 0 Å². The van der Waals surface area contributed by atoms with Crippen molar-refractivity contribution in [1.82, 2.24) is 0 Å². The van der Waals surface area contributed by atoms with E-state index < -0.39 is 0 Å². The molecule has 1 aromatic rings. The first-order valence-corrected chi connectivity index (χ1v) is 4.30. The minimum Gasteiger partial charge on any atom is -0.0654 e. The number of benzene rings is 1. The molecule has 58 valence electrons. The van der Waals surface area contributed by atoms with Crippen LogP contribution in [-0.4, -0.2) is 0 Å². The molecule has 1 aromatic carbocycles. The van der Waals surface area contributed by atoms with Crippen molar-refractivity contribution < 1.29 is 0 Å². The summed E-state index contributed by atoms with van der Waals surface area (Å²) in [6.07, 6.45) is 5.07. The Bertz CT molecular complexity index is 176. The Morgan fingerprint density at radius 3 is 2.91 bits per heavy atom. The van der Waals surface area contributed by atoms with Crippen LogP contribution in [0.4, 0.5) is 0 Å². The quantitative estimate of drug-likeness (QED) is 0.573. The first kappa shape index (κ1) is 8.32. The maximum atomic E-state index is 3.17. The van der Waals surface area contributed by atoms with Gasteiger partial charge in [-0.25, -0.2) is 0 Å². The van der Waals surface area contributed by atoms with E-state index in [1.807, 2.05) is 12.1 Å². The summed E-state index contributed by atoms with van der Waals surface area (Å²) in [5.41, 5.74) is 1.32. The summed E-state index contributed by atoms with van der Waals surface area (Å²) < 4.78 is 0. The lowest BCUT2D eigenvalue weighted by atomic mass is 10.1. The van der Waals surface area contributed by atoms with Crippen LogP contribution in [0.1, 0.15) is 31.7 Å². The number of hydrogen-bond donors (Lipinski definition) is 0. The molecular formula is C11H14. The summed E-state index contributed by atoms with van der Waals surface area (Å²) in [5, 5.41) is 0. The van der Waals surface area contributed by atoms with Crippen LogP contribution in [0.2, 0.25) is 0 Å². The molecule has 0 unspecified atom stereocenters. The standard InChI is InChI=1S/C11H14/c1-2-3-5-8-11-9-6-4-7-10-11/h6-7,9H,2-3,5,8H2,1H3. The molecule has 0 aliphatic rings. The van der Waals surface area contributed by atoms with Gasteiger partial charge in [-0.1, -0.05) is 31.9 Å². The zero-order chi connectivity index (χ0) is 7.94. The van der Waals surface area contributed by atoms with E-state index in [9.17, 15) is 0 Å². The Labute approximate surface area is 69.3 Å². The second-order valence-electron chi connectivity index (χ2n) is 2.77. The second kappa shape index (κ2) is 4.95. The molecule has 0 atom stereocenters. The van der Waals surface area contributed by atoms with Gasteiger partial charge in [0.15, 0.2) is 0 Å². The third kappa shape index (κ3) is 3.22. The SMILES string of the molecule is CCCCCc1[c]c[c]cc1. The fourth-order valence-corrected chi connectivity index (χ4v) is 1.10. The van der Waals surface area contributed by atoms with Crippen LogP contribution in [0.15, 0.2) is 18.2 Å². The van der Waals surface area contributed by atoms with Crippen LogP contribution < -0.4 is 0 Å². The summed E-state index contributed by atoms with van der Waals surface area (Å²) in [6, 6.07) is 12.1. The van der Waals surface area contributed by atoms with Gasteiger partial charge in [-0.2, -0.15) is 0 Å². The molecule has 1 rings (SSSR count). The normalized spacial score (nSPS) is 9.91. The van der Waals surface area contributed by atoms with Crippen LogP contribution >= 0.6 is 0 Å². The highest BCUT2D eigenvalue weighted by Gasteiger charge is 1.89. The van der Waals surface area contributed by atoms with Gasteiger partial charge >= 0.3 is 0 Å². The molecule has 0 heterocycles. The summed E-state index contributed by atoms with van der Waals surface area (Å²) >= 11 is 0. The Morgan fingerprint density at radius 1 is 1.36 bits per heavy atom. The van der Waals surface area contributed by atoms with Crippen LogP contribution in [0, 0.1) is 12.1 Å². The van der Waals surface area contributed by atoms with Crippen molar-refractivity contribution in [2.75, 3.05) is 0 Å². The molecular weight excluding hydrogens is 132 g/mol. The van der Waals surface area contributed by atoms with E-state index in [2.05, 4.69) is 25.1 Å². The molecule has 0 bridgehead atoms. The van der Waals surface area contributed by atoms with E-state index in [1.54, 1.807) is 0 Å². The molecule has 0 aliphatic carbocycles. The average molecular weight is 146 g/mol. The summed E-state index contributed by atoms with van der Waals surface area (Å²) in [5.74, 6) is 0. The van der Waals surface area contributed by atoms with Crippen molar-refractivity contribution in [2.24, 2.45) is 0 Å². The number of unbranched alkanes of at least 4 members (excludes halogenated alkanes) is 2. The van der Waals surface area contributed by atoms with E-state index in [0.717, 1.165) is 0 Å². The Hall–Kier alpha value is -0.780. The van der Waals surface area contributed by atoms with Gasteiger partial charge in [0.05, 0.1) is 0 Å². The smallest absolute Gasteiger partial charge is 0.0143 e. The number of aryl methyl sites for hydroxylation is 1. The minimum absolute atomic E-state index is 1.17. The van der Waals surface area contributed by atoms with Gasteiger partial charge in [0.1, 0.15) is 0 Å². The van der Waals surface area contributed by atoms with Crippen molar-refractivity contribution in [2.45, 2.75) is 32.6 Å². The molecule has 0 spiro atoms. The lowest BCUT2D eigenvalue weighted by Crippen LogP contribution is -1.83. The van der Waals surface area contributed by atoms with Crippen molar-refractivity contribution in [3.63, 3.8) is 0 Å². The van der Waals surface area contributed by atoms with Crippen molar-refractivity contribution in [1.29, 1.82) is 0 Å². The van der Waals surface area contributed by atoms with E-state index in [4.69, 9.17) is 0 Å². The largest absolute Gasteiger partial charge is 0.0654 e. The molecule has 2 radical (unpaired) electrons. The van der Waals surface area contributed by atoms with Gasteiger partial charge < -0.3 is 0 Å². The highest BCUT2D eigenvalue weighted by Crippen LogP contribution is 2.04. The maximum absolute atomic E-state index is 3.17. The minimum atomic E-state index is 1.17. The van der Waals surface area contributed by atoms with Gasteiger partial charge in [0.2, 0.25) is 0 Å². The van der Waals surface area contributed by atoms with E-state index in [1.165, 1.54) is 31.2 Å². The maximum Gasteiger partial charge on any atom is -0.0143 e. The zero-order valence-corrected chi connectivity index (χ0v) is 7.06. The van der Waals surface area contributed by atoms with Crippen LogP contribution in [-0.2, 0) is 6.42 Å². The first-order chi connectivity index (χ1) is 5.43. The van der Waals surface area contributed by atoms with Crippen molar-refractivity contribution >= 4 is 0 Å². The van der Waals surface area contributed by atoms with E-state index in [0.29, 0.717) is 0 Å². The second-order valence-corrected chi connectivity index (χ2v) is 2.77. The molecule has 0 saturated heterocycles. The predicted octanol–water partition coefficient (Wildman–Crippen LogP) is 3.02. The fourth-order valence-electron chi connectivity index (χ4n) is 1.10. The molecule has 0 heteroatoms. The van der Waals surface area contributed by atoms with Crippen LogP contribution in [0.3, 0.4) is 0 Å².